The first kappa shape index (κ1) is 16.0. The zero-order chi connectivity index (χ0) is 16.4. The summed E-state index contributed by atoms with van der Waals surface area (Å²) in [5.41, 5.74) is 6.69. The number of primary amides is 1. The molecule has 0 atom stereocenters. The first-order valence-corrected chi connectivity index (χ1v) is 8.60. The second-order valence-electron chi connectivity index (χ2n) is 5.51. The van der Waals surface area contributed by atoms with Crippen molar-refractivity contribution in [1.29, 1.82) is 0 Å². The Balaban J connectivity index is 1.69. The monoisotopic (exact) mass is 349 g/mol. The summed E-state index contributed by atoms with van der Waals surface area (Å²) >= 11 is 7.31. The Morgan fingerprint density at radius 3 is 2.48 bits per heavy atom. The normalized spacial score (nSPS) is 15.6. The summed E-state index contributed by atoms with van der Waals surface area (Å²) in [4.78, 5) is 29.9. The van der Waals surface area contributed by atoms with Crippen molar-refractivity contribution in [2.24, 2.45) is 11.7 Å². The Bertz CT molecular complexity index is 721. The molecule has 1 aromatic carbocycles. The van der Waals surface area contributed by atoms with Gasteiger partial charge in [-0.15, -0.1) is 11.3 Å². The van der Waals surface area contributed by atoms with Crippen LogP contribution in [0.5, 0.6) is 0 Å². The third kappa shape index (κ3) is 3.54. The molecule has 2 heterocycles. The topological polar surface area (TPSA) is 76.3 Å². The van der Waals surface area contributed by atoms with Crippen molar-refractivity contribution in [3.63, 3.8) is 0 Å². The second kappa shape index (κ2) is 6.68. The molecule has 7 heteroatoms. The van der Waals surface area contributed by atoms with E-state index in [1.54, 1.807) is 22.4 Å². The molecule has 2 amide bonds. The van der Waals surface area contributed by atoms with Crippen molar-refractivity contribution in [1.82, 2.24) is 9.88 Å². The van der Waals surface area contributed by atoms with Crippen LogP contribution < -0.4 is 5.73 Å². The average molecular weight is 350 g/mol. The van der Waals surface area contributed by atoms with Crippen molar-refractivity contribution < 1.29 is 9.59 Å². The summed E-state index contributed by atoms with van der Waals surface area (Å²) in [6.07, 6.45) is 1.24. The van der Waals surface area contributed by atoms with E-state index in [1.165, 1.54) is 11.3 Å². The minimum atomic E-state index is -0.282. The number of carbonyl (C=O) groups excluding carboxylic acids is 2. The molecule has 1 aliphatic heterocycles. The lowest BCUT2D eigenvalue weighted by Crippen LogP contribution is -2.41. The van der Waals surface area contributed by atoms with Crippen molar-refractivity contribution in [2.75, 3.05) is 13.1 Å². The van der Waals surface area contributed by atoms with Gasteiger partial charge in [-0.05, 0) is 25.0 Å². The lowest BCUT2D eigenvalue weighted by atomic mass is 9.96. The molecule has 120 valence electrons. The number of rotatable bonds is 3. The van der Waals surface area contributed by atoms with E-state index >= 15 is 0 Å². The zero-order valence-corrected chi connectivity index (χ0v) is 13.9. The minimum absolute atomic E-state index is 0.0932. The molecule has 0 spiro atoms. The second-order valence-corrected chi connectivity index (χ2v) is 6.81. The van der Waals surface area contributed by atoms with Gasteiger partial charge in [-0.25, -0.2) is 4.98 Å². The van der Waals surface area contributed by atoms with Crippen LogP contribution in [0.1, 0.15) is 23.3 Å². The Hall–Kier alpha value is -1.92. The van der Waals surface area contributed by atoms with Crippen LogP contribution in [0, 0.1) is 5.92 Å². The number of benzene rings is 1. The van der Waals surface area contributed by atoms with Gasteiger partial charge in [-0.3, -0.25) is 9.59 Å². The Morgan fingerprint density at radius 2 is 1.87 bits per heavy atom. The first-order valence-electron chi connectivity index (χ1n) is 7.34. The van der Waals surface area contributed by atoms with E-state index < -0.39 is 0 Å². The Labute approximate surface area is 143 Å². The van der Waals surface area contributed by atoms with Gasteiger partial charge in [0.25, 0.3) is 5.91 Å². The molecule has 2 N–H and O–H groups in total. The first-order chi connectivity index (χ1) is 11.0. The third-order valence-corrected chi connectivity index (χ3v) is 5.14. The van der Waals surface area contributed by atoms with E-state index in [0.29, 0.717) is 36.6 Å². The van der Waals surface area contributed by atoms with E-state index in [9.17, 15) is 9.59 Å². The summed E-state index contributed by atoms with van der Waals surface area (Å²) in [6.45, 7) is 1.08. The summed E-state index contributed by atoms with van der Waals surface area (Å²) < 4.78 is 0. The smallest absolute Gasteiger partial charge is 0.273 e. The number of piperidine rings is 1. The Kier molecular flexibility index (Phi) is 4.63. The van der Waals surface area contributed by atoms with Gasteiger partial charge in [0.2, 0.25) is 5.91 Å². The molecule has 0 saturated carbocycles. The van der Waals surface area contributed by atoms with Crippen LogP contribution in [0.4, 0.5) is 0 Å². The fraction of sp³-hybridized carbons (Fsp3) is 0.312. The molecule has 1 aromatic heterocycles. The fourth-order valence-corrected chi connectivity index (χ4v) is 3.55. The van der Waals surface area contributed by atoms with Gasteiger partial charge >= 0.3 is 0 Å². The molecule has 3 rings (SSSR count). The molecule has 1 aliphatic rings. The standard InChI is InChI=1S/C16H16ClN3O2S/c17-12-3-1-11(2-4-12)15-19-13(9-23-15)16(22)20-7-5-10(6-8-20)14(18)21/h1-4,9-10H,5-8H2,(H2,18,21). The maximum Gasteiger partial charge on any atom is 0.273 e. The van der Waals surface area contributed by atoms with Crippen LogP contribution in [0.25, 0.3) is 10.6 Å². The summed E-state index contributed by atoms with van der Waals surface area (Å²) in [6, 6.07) is 7.37. The predicted molar refractivity (Wildman–Crippen MR) is 90.4 cm³/mol. The van der Waals surface area contributed by atoms with E-state index in [1.807, 2.05) is 12.1 Å². The molecule has 0 aliphatic carbocycles. The van der Waals surface area contributed by atoms with Crippen LogP contribution in [0.3, 0.4) is 0 Å². The highest BCUT2D eigenvalue weighted by atomic mass is 35.5. The minimum Gasteiger partial charge on any atom is -0.369 e. The number of hydrogen-bond donors (Lipinski definition) is 1. The molecule has 0 radical (unpaired) electrons. The van der Waals surface area contributed by atoms with Crippen LogP contribution in [0.15, 0.2) is 29.6 Å². The fourth-order valence-electron chi connectivity index (χ4n) is 2.63. The van der Waals surface area contributed by atoms with Crippen molar-refractivity contribution in [2.45, 2.75) is 12.8 Å². The van der Waals surface area contributed by atoms with E-state index in [4.69, 9.17) is 17.3 Å². The highest BCUT2D eigenvalue weighted by Crippen LogP contribution is 2.26. The SMILES string of the molecule is NC(=O)C1CCN(C(=O)c2csc(-c3ccc(Cl)cc3)n2)CC1. The molecule has 1 saturated heterocycles. The molecule has 5 nitrogen and oxygen atoms in total. The molecular formula is C16H16ClN3O2S. The number of hydrogen-bond acceptors (Lipinski definition) is 4. The predicted octanol–water partition coefficient (Wildman–Crippen LogP) is 2.80. The number of nitrogens with two attached hydrogens (primary N) is 1. The highest BCUT2D eigenvalue weighted by Gasteiger charge is 2.27. The van der Waals surface area contributed by atoms with Crippen molar-refractivity contribution in [3.05, 3.63) is 40.4 Å². The zero-order valence-electron chi connectivity index (χ0n) is 12.4. The summed E-state index contributed by atoms with van der Waals surface area (Å²) in [5, 5.41) is 3.22. The molecule has 23 heavy (non-hydrogen) atoms. The summed E-state index contributed by atoms with van der Waals surface area (Å²) in [5.74, 6) is -0.501. The molecule has 1 fully saturated rings. The number of aromatic nitrogens is 1. The van der Waals surface area contributed by atoms with E-state index in [-0.39, 0.29) is 17.7 Å². The number of nitrogens with zero attached hydrogens (tertiary/aromatic N) is 2. The number of likely N-dealkylation sites (tertiary alicyclic amines) is 1. The molecular weight excluding hydrogens is 334 g/mol. The number of carbonyl (C=O) groups is 2. The maximum absolute atomic E-state index is 12.5. The van der Waals surface area contributed by atoms with E-state index in [0.717, 1.165) is 10.6 Å². The van der Waals surface area contributed by atoms with E-state index in [2.05, 4.69) is 4.98 Å². The molecule has 0 bridgehead atoms. The van der Waals surface area contributed by atoms with Gasteiger partial charge in [0, 0.05) is 35.0 Å². The quantitative estimate of drug-likeness (QED) is 0.925. The van der Waals surface area contributed by atoms with Gasteiger partial charge < -0.3 is 10.6 Å². The lowest BCUT2D eigenvalue weighted by Gasteiger charge is -2.30. The van der Waals surface area contributed by atoms with Crippen molar-refractivity contribution >= 4 is 34.8 Å². The molecule has 2 aromatic rings. The number of amides is 2. The van der Waals surface area contributed by atoms with Gasteiger partial charge in [0.15, 0.2) is 0 Å². The van der Waals surface area contributed by atoms with Gasteiger partial charge in [0.05, 0.1) is 0 Å². The third-order valence-electron chi connectivity index (χ3n) is 4.00. The van der Waals surface area contributed by atoms with Crippen LogP contribution in [-0.4, -0.2) is 34.8 Å². The van der Waals surface area contributed by atoms with Gasteiger partial charge in [-0.2, -0.15) is 0 Å². The Morgan fingerprint density at radius 1 is 1.22 bits per heavy atom. The summed E-state index contributed by atoms with van der Waals surface area (Å²) in [7, 11) is 0. The maximum atomic E-state index is 12.5. The lowest BCUT2D eigenvalue weighted by molar-refractivity contribution is -0.123. The van der Waals surface area contributed by atoms with Crippen LogP contribution in [0.2, 0.25) is 5.02 Å². The van der Waals surface area contributed by atoms with Crippen molar-refractivity contribution in [3.8, 4) is 10.6 Å². The largest absolute Gasteiger partial charge is 0.369 e. The van der Waals surface area contributed by atoms with Gasteiger partial charge in [-0.1, -0.05) is 23.7 Å². The van der Waals surface area contributed by atoms with Gasteiger partial charge in [0.1, 0.15) is 10.7 Å². The average Bonchev–Trinajstić information content (AvgIpc) is 3.05. The molecule has 0 unspecified atom stereocenters. The number of thiazole rings is 1. The number of halogens is 1. The van der Waals surface area contributed by atoms with Crippen LogP contribution >= 0.6 is 22.9 Å². The van der Waals surface area contributed by atoms with Crippen LogP contribution in [-0.2, 0) is 4.79 Å². The highest BCUT2D eigenvalue weighted by molar-refractivity contribution is 7.13.